The van der Waals surface area contributed by atoms with Crippen LogP contribution in [0.5, 0.6) is 0 Å². The number of nitrogens with one attached hydrogen (secondary N) is 1. The maximum atomic E-state index is 14.0. The van der Waals surface area contributed by atoms with Crippen LogP contribution in [-0.4, -0.2) is 21.0 Å². The van der Waals surface area contributed by atoms with Crippen LogP contribution in [0.15, 0.2) is 42.5 Å². The largest absolute Gasteiger partial charge is 0.330 e. The van der Waals surface area contributed by atoms with E-state index in [-0.39, 0.29) is 23.7 Å². The zero-order valence-corrected chi connectivity index (χ0v) is 16.1. The number of fused-ring (bicyclic) bond motifs is 2. The van der Waals surface area contributed by atoms with E-state index in [0.717, 1.165) is 29.7 Å². The number of aromatic amines is 1. The van der Waals surface area contributed by atoms with Crippen molar-refractivity contribution >= 4 is 5.91 Å². The lowest BCUT2D eigenvalue weighted by Gasteiger charge is -2.16. The van der Waals surface area contributed by atoms with E-state index in [4.69, 9.17) is 0 Å². The number of halogens is 1. The van der Waals surface area contributed by atoms with Crippen molar-refractivity contribution in [1.82, 2.24) is 15.1 Å². The highest BCUT2D eigenvalue weighted by molar-refractivity contribution is 5.99. The SMILES string of the molecule is CC1(C)Cc2[nH]nc(-c3ccc4c(c3)CN(Cc3ccccc3F)C4=O)c2C1. The number of aromatic nitrogens is 2. The third-order valence-electron chi connectivity index (χ3n) is 5.84. The monoisotopic (exact) mass is 375 g/mol. The highest BCUT2D eigenvalue weighted by atomic mass is 19.1. The molecule has 5 rings (SSSR count). The van der Waals surface area contributed by atoms with Gasteiger partial charge in [-0.05, 0) is 42.0 Å². The molecule has 0 bridgehead atoms. The molecule has 0 radical (unpaired) electrons. The zero-order chi connectivity index (χ0) is 19.5. The van der Waals surface area contributed by atoms with Crippen molar-refractivity contribution in [3.63, 3.8) is 0 Å². The number of amides is 1. The molecule has 2 aromatic carbocycles. The van der Waals surface area contributed by atoms with E-state index in [1.54, 1.807) is 23.1 Å². The number of rotatable bonds is 3. The summed E-state index contributed by atoms with van der Waals surface area (Å²) in [6.07, 6.45) is 2.01. The fourth-order valence-corrected chi connectivity index (χ4v) is 4.48. The summed E-state index contributed by atoms with van der Waals surface area (Å²) in [6, 6.07) is 12.5. The Morgan fingerprint density at radius 1 is 1.18 bits per heavy atom. The molecule has 0 saturated carbocycles. The quantitative estimate of drug-likeness (QED) is 0.733. The summed E-state index contributed by atoms with van der Waals surface area (Å²) >= 11 is 0. The van der Waals surface area contributed by atoms with Gasteiger partial charge in [0.1, 0.15) is 5.82 Å². The molecule has 4 nitrogen and oxygen atoms in total. The minimum atomic E-state index is -0.276. The van der Waals surface area contributed by atoms with Crippen LogP contribution in [-0.2, 0) is 25.9 Å². The van der Waals surface area contributed by atoms with E-state index >= 15 is 0 Å². The number of nitrogens with zero attached hydrogens (tertiary/aromatic N) is 2. The summed E-state index contributed by atoms with van der Waals surface area (Å²) < 4.78 is 14.0. The predicted octanol–water partition coefficient (Wildman–Crippen LogP) is 4.50. The highest BCUT2D eigenvalue weighted by Crippen LogP contribution is 2.40. The van der Waals surface area contributed by atoms with E-state index in [2.05, 4.69) is 30.1 Å². The van der Waals surface area contributed by atoms with Crippen molar-refractivity contribution < 1.29 is 9.18 Å². The van der Waals surface area contributed by atoms with Gasteiger partial charge in [0.25, 0.3) is 5.91 Å². The minimum Gasteiger partial charge on any atom is -0.330 e. The van der Waals surface area contributed by atoms with Gasteiger partial charge in [-0.25, -0.2) is 4.39 Å². The average molecular weight is 375 g/mol. The second-order valence-corrected chi connectivity index (χ2v) is 8.67. The van der Waals surface area contributed by atoms with Crippen LogP contribution in [0.2, 0.25) is 0 Å². The molecular weight excluding hydrogens is 353 g/mol. The number of carbonyl (C=O) groups is 1. The van der Waals surface area contributed by atoms with Crippen LogP contribution < -0.4 is 0 Å². The Kier molecular flexibility index (Phi) is 3.69. The Morgan fingerprint density at radius 3 is 2.82 bits per heavy atom. The second kappa shape index (κ2) is 6.03. The van der Waals surface area contributed by atoms with E-state index < -0.39 is 0 Å². The average Bonchev–Trinajstić information content (AvgIpc) is 3.27. The van der Waals surface area contributed by atoms with Crippen molar-refractivity contribution in [2.45, 2.75) is 39.8 Å². The van der Waals surface area contributed by atoms with Crippen molar-refractivity contribution in [2.24, 2.45) is 5.41 Å². The summed E-state index contributed by atoms with van der Waals surface area (Å²) in [5.41, 5.74) is 7.01. The Hall–Kier alpha value is -2.95. The summed E-state index contributed by atoms with van der Waals surface area (Å²) in [7, 11) is 0. The summed E-state index contributed by atoms with van der Waals surface area (Å²) in [5, 5.41) is 7.74. The van der Waals surface area contributed by atoms with Crippen LogP contribution in [0.1, 0.15) is 46.6 Å². The summed E-state index contributed by atoms with van der Waals surface area (Å²) in [4.78, 5) is 14.5. The fraction of sp³-hybridized carbons (Fsp3) is 0.304. The zero-order valence-electron chi connectivity index (χ0n) is 16.1. The number of H-pyrrole nitrogens is 1. The number of benzene rings is 2. The van der Waals surface area contributed by atoms with E-state index in [9.17, 15) is 9.18 Å². The molecule has 2 heterocycles. The maximum Gasteiger partial charge on any atom is 0.254 e. The molecule has 2 aliphatic rings. The highest BCUT2D eigenvalue weighted by Gasteiger charge is 2.34. The molecule has 1 amide bonds. The molecule has 1 aliphatic heterocycles. The molecular formula is C23H22FN3O. The van der Waals surface area contributed by atoms with Crippen LogP contribution in [0, 0.1) is 11.2 Å². The van der Waals surface area contributed by atoms with Crippen LogP contribution in [0.25, 0.3) is 11.3 Å². The van der Waals surface area contributed by atoms with Gasteiger partial charge in [-0.1, -0.05) is 38.1 Å². The topological polar surface area (TPSA) is 49.0 Å². The van der Waals surface area contributed by atoms with Gasteiger partial charge in [0.2, 0.25) is 0 Å². The molecule has 1 N–H and O–H groups in total. The molecule has 5 heteroatoms. The molecule has 0 saturated heterocycles. The number of carbonyl (C=O) groups excluding carboxylic acids is 1. The lowest BCUT2D eigenvalue weighted by Crippen LogP contribution is -2.23. The fourth-order valence-electron chi connectivity index (χ4n) is 4.48. The Bertz CT molecular complexity index is 1100. The first-order valence-corrected chi connectivity index (χ1v) is 9.63. The summed E-state index contributed by atoms with van der Waals surface area (Å²) in [6.45, 7) is 5.31. The first-order chi connectivity index (χ1) is 13.4. The van der Waals surface area contributed by atoms with Gasteiger partial charge in [-0.2, -0.15) is 5.10 Å². The van der Waals surface area contributed by atoms with Gasteiger partial charge in [0, 0.05) is 41.0 Å². The van der Waals surface area contributed by atoms with Crippen LogP contribution in [0.4, 0.5) is 4.39 Å². The third-order valence-corrected chi connectivity index (χ3v) is 5.84. The molecule has 0 fully saturated rings. The van der Waals surface area contributed by atoms with E-state index in [0.29, 0.717) is 17.7 Å². The van der Waals surface area contributed by atoms with Gasteiger partial charge in [0.05, 0.1) is 5.69 Å². The first kappa shape index (κ1) is 17.2. The molecule has 0 spiro atoms. The smallest absolute Gasteiger partial charge is 0.254 e. The predicted molar refractivity (Wildman–Crippen MR) is 105 cm³/mol. The Morgan fingerprint density at radius 2 is 2.00 bits per heavy atom. The van der Waals surface area contributed by atoms with Gasteiger partial charge >= 0.3 is 0 Å². The van der Waals surface area contributed by atoms with Crippen molar-refractivity contribution in [3.05, 3.63) is 76.2 Å². The van der Waals surface area contributed by atoms with Crippen LogP contribution in [0.3, 0.4) is 0 Å². The summed E-state index contributed by atoms with van der Waals surface area (Å²) in [5.74, 6) is -0.320. The molecule has 28 heavy (non-hydrogen) atoms. The number of hydrogen-bond acceptors (Lipinski definition) is 2. The Labute approximate surface area is 163 Å². The molecule has 0 atom stereocenters. The van der Waals surface area contributed by atoms with Crippen molar-refractivity contribution in [2.75, 3.05) is 0 Å². The van der Waals surface area contributed by atoms with Gasteiger partial charge in [-0.3, -0.25) is 9.89 Å². The normalized spacial score (nSPS) is 17.1. The maximum absolute atomic E-state index is 14.0. The van der Waals surface area contributed by atoms with Crippen molar-refractivity contribution in [1.29, 1.82) is 0 Å². The number of hydrogen-bond donors (Lipinski definition) is 1. The molecule has 1 aromatic heterocycles. The lowest BCUT2D eigenvalue weighted by molar-refractivity contribution is 0.0765. The van der Waals surface area contributed by atoms with E-state index in [1.165, 1.54) is 17.3 Å². The lowest BCUT2D eigenvalue weighted by atomic mass is 9.90. The van der Waals surface area contributed by atoms with Crippen LogP contribution >= 0.6 is 0 Å². The van der Waals surface area contributed by atoms with Gasteiger partial charge in [0.15, 0.2) is 0 Å². The minimum absolute atomic E-state index is 0.0433. The van der Waals surface area contributed by atoms with Crippen molar-refractivity contribution in [3.8, 4) is 11.3 Å². The molecule has 3 aromatic rings. The first-order valence-electron chi connectivity index (χ1n) is 9.63. The molecule has 1 aliphatic carbocycles. The van der Waals surface area contributed by atoms with Gasteiger partial charge < -0.3 is 4.90 Å². The molecule has 0 unspecified atom stereocenters. The molecule has 142 valence electrons. The van der Waals surface area contributed by atoms with E-state index in [1.807, 2.05) is 12.1 Å². The second-order valence-electron chi connectivity index (χ2n) is 8.67. The Balaban J connectivity index is 1.44. The van der Waals surface area contributed by atoms with Gasteiger partial charge in [-0.15, -0.1) is 0 Å². The standard InChI is InChI=1S/C23H22FN3O/c1-23(2)10-18-20(11-23)25-26-21(18)14-7-8-17-16(9-14)13-27(22(17)28)12-15-5-3-4-6-19(15)24/h3-9H,10-13H2,1-2H3,(H,25,26). The third kappa shape index (κ3) is 2.73.